The maximum atomic E-state index is 3.78. The fourth-order valence-corrected chi connectivity index (χ4v) is 1.22. The van der Waals surface area contributed by atoms with Crippen LogP contribution < -0.4 is 0 Å². The second-order valence-corrected chi connectivity index (χ2v) is 2.95. The van der Waals surface area contributed by atoms with E-state index in [0.29, 0.717) is 0 Å². The molecule has 0 aliphatic heterocycles. The zero-order valence-electron chi connectivity index (χ0n) is 8.56. The Hall–Kier alpha value is -0.780. The first-order chi connectivity index (χ1) is 5.76. The Kier molecular flexibility index (Phi) is 6.45. The Morgan fingerprint density at radius 3 is 2.50 bits per heavy atom. The lowest BCUT2D eigenvalue weighted by Crippen LogP contribution is -1.84. The molecule has 0 aromatic rings. The second kappa shape index (κ2) is 6.90. The molecular weight excluding hydrogens is 144 g/mol. The Bertz CT molecular complexity index is 182. The molecule has 0 nitrogen and oxygen atoms in total. The molecule has 12 heavy (non-hydrogen) atoms. The quantitative estimate of drug-likeness (QED) is 0.421. The minimum Gasteiger partial charge on any atom is -0.0988 e. The predicted octanol–water partition coefficient (Wildman–Crippen LogP) is 4.26. The molecule has 0 fully saturated rings. The fourth-order valence-electron chi connectivity index (χ4n) is 1.22. The summed E-state index contributed by atoms with van der Waals surface area (Å²) < 4.78 is 0. The summed E-state index contributed by atoms with van der Waals surface area (Å²) in [5.41, 5.74) is 2.88. The third-order valence-electron chi connectivity index (χ3n) is 2.14. The van der Waals surface area contributed by atoms with Gasteiger partial charge in [-0.05, 0) is 33.1 Å². The third kappa shape index (κ3) is 4.17. The van der Waals surface area contributed by atoms with Crippen molar-refractivity contribution in [3.8, 4) is 0 Å². The van der Waals surface area contributed by atoms with Crippen molar-refractivity contribution in [2.24, 2.45) is 0 Å². The van der Waals surface area contributed by atoms with E-state index in [9.17, 15) is 0 Å². The summed E-state index contributed by atoms with van der Waals surface area (Å²) in [4.78, 5) is 0. The molecule has 0 aliphatic rings. The molecule has 0 spiro atoms. The van der Waals surface area contributed by atoms with Gasteiger partial charge in [-0.25, -0.2) is 0 Å². The van der Waals surface area contributed by atoms with Gasteiger partial charge in [0.2, 0.25) is 0 Å². The first-order valence-electron chi connectivity index (χ1n) is 4.68. The molecule has 0 unspecified atom stereocenters. The molecule has 0 bridgehead atoms. The van der Waals surface area contributed by atoms with Crippen molar-refractivity contribution in [2.45, 2.75) is 40.0 Å². The van der Waals surface area contributed by atoms with Gasteiger partial charge in [-0.1, -0.05) is 42.9 Å². The van der Waals surface area contributed by atoms with Crippen LogP contribution in [0.1, 0.15) is 40.0 Å². The van der Waals surface area contributed by atoms with Gasteiger partial charge in [0.15, 0.2) is 0 Å². The Morgan fingerprint density at radius 2 is 2.08 bits per heavy atom. The summed E-state index contributed by atoms with van der Waals surface area (Å²) in [6.45, 7) is 10.2. The highest BCUT2D eigenvalue weighted by Gasteiger charge is 1.95. The normalized spacial score (nSPS) is 13.2. The largest absolute Gasteiger partial charge is 0.0988 e. The van der Waals surface area contributed by atoms with Gasteiger partial charge in [-0.2, -0.15) is 0 Å². The Morgan fingerprint density at radius 1 is 1.42 bits per heavy atom. The second-order valence-electron chi connectivity index (χ2n) is 2.95. The average Bonchev–Trinajstić information content (AvgIpc) is 2.11. The molecule has 0 saturated heterocycles. The Labute approximate surface area is 76.7 Å². The molecule has 0 amide bonds. The molecule has 0 N–H and O–H groups in total. The maximum Gasteiger partial charge on any atom is -0.0280 e. The maximum absolute atomic E-state index is 3.78. The molecule has 0 aromatic carbocycles. The van der Waals surface area contributed by atoms with E-state index < -0.39 is 0 Å². The van der Waals surface area contributed by atoms with Crippen LogP contribution in [-0.4, -0.2) is 0 Å². The standard InChI is InChI=1S/C12H20/c1-5-8-9-10-12(7-3)11(4)6-2/h5-6,8H,2,7,9-10H2,1,3-4H3. The summed E-state index contributed by atoms with van der Waals surface area (Å²) in [5, 5.41) is 0. The van der Waals surface area contributed by atoms with Crippen LogP contribution in [0.5, 0.6) is 0 Å². The summed E-state index contributed by atoms with van der Waals surface area (Å²) in [6, 6.07) is 0. The highest BCUT2D eigenvalue weighted by molar-refractivity contribution is 5.21. The zero-order chi connectivity index (χ0) is 9.40. The van der Waals surface area contributed by atoms with Gasteiger partial charge in [0.05, 0.1) is 0 Å². The highest BCUT2D eigenvalue weighted by Crippen LogP contribution is 2.15. The van der Waals surface area contributed by atoms with Gasteiger partial charge in [-0.15, -0.1) is 0 Å². The summed E-state index contributed by atoms with van der Waals surface area (Å²) in [6.07, 6.45) is 9.76. The van der Waals surface area contributed by atoms with Crippen LogP contribution in [0.15, 0.2) is 36.0 Å². The summed E-state index contributed by atoms with van der Waals surface area (Å²) >= 11 is 0. The van der Waals surface area contributed by atoms with Gasteiger partial charge in [0, 0.05) is 0 Å². The third-order valence-corrected chi connectivity index (χ3v) is 2.14. The van der Waals surface area contributed by atoms with Gasteiger partial charge < -0.3 is 0 Å². The molecule has 0 heterocycles. The van der Waals surface area contributed by atoms with Crippen LogP contribution in [0.4, 0.5) is 0 Å². The number of allylic oxidation sites excluding steroid dienone is 5. The first-order valence-corrected chi connectivity index (χ1v) is 4.68. The van der Waals surface area contributed by atoms with Crippen molar-refractivity contribution in [1.82, 2.24) is 0 Å². The van der Waals surface area contributed by atoms with E-state index in [0.717, 1.165) is 12.8 Å². The Balaban J connectivity index is 4.08. The minimum atomic E-state index is 1.15. The van der Waals surface area contributed by atoms with Crippen LogP contribution in [0, 0.1) is 0 Å². The summed E-state index contributed by atoms with van der Waals surface area (Å²) in [5.74, 6) is 0. The monoisotopic (exact) mass is 164 g/mol. The van der Waals surface area contributed by atoms with Crippen molar-refractivity contribution in [2.75, 3.05) is 0 Å². The minimum absolute atomic E-state index is 1.15. The number of hydrogen-bond acceptors (Lipinski definition) is 0. The number of rotatable bonds is 5. The van der Waals surface area contributed by atoms with Crippen molar-refractivity contribution >= 4 is 0 Å². The molecule has 0 heteroatoms. The van der Waals surface area contributed by atoms with Gasteiger partial charge >= 0.3 is 0 Å². The molecule has 0 aliphatic carbocycles. The van der Waals surface area contributed by atoms with Crippen LogP contribution in [-0.2, 0) is 0 Å². The molecular formula is C12H20. The molecule has 0 rings (SSSR count). The lowest BCUT2D eigenvalue weighted by Gasteiger charge is -2.04. The van der Waals surface area contributed by atoms with Crippen molar-refractivity contribution < 1.29 is 0 Å². The van der Waals surface area contributed by atoms with Crippen molar-refractivity contribution in [3.63, 3.8) is 0 Å². The fraction of sp³-hybridized carbons (Fsp3) is 0.500. The number of hydrogen-bond donors (Lipinski definition) is 0. The van der Waals surface area contributed by atoms with Crippen LogP contribution >= 0.6 is 0 Å². The van der Waals surface area contributed by atoms with Gasteiger partial charge in [-0.3, -0.25) is 0 Å². The van der Waals surface area contributed by atoms with E-state index in [1.165, 1.54) is 17.6 Å². The molecule has 0 atom stereocenters. The van der Waals surface area contributed by atoms with Crippen molar-refractivity contribution in [1.29, 1.82) is 0 Å². The molecule has 68 valence electrons. The van der Waals surface area contributed by atoms with E-state index in [1.54, 1.807) is 0 Å². The lowest BCUT2D eigenvalue weighted by atomic mass is 10.0. The topological polar surface area (TPSA) is 0 Å². The van der Waals surface area contributed by atoms with Crippen LogP contribution in [0.3, 0.4) is 0 Å². The van der Waals surface area contributed by atoms with Gasteiger partial charge in [0.25, 0.3) is 0 Å². The van der Waals surface area contributed by atoms with E-state index in [1.807, 2.05) is 6.08 Å². The highest BCUT2D eigenvalue weighted by atomic mass is 14.0. The van der Waals surface area contributed by atoms with E-state index in [4.69, 9.17) is 0 Å². The van der Waals surface area contributed by atoms with Crippen LogP contribution in [0.25, 0.3) is 0 Å². The van der Waals surface area contributed by atoms with E-state index in [2.05, 4.69) is 39.5 Å². The van der Waals surface area contributed by atoms with E-state index in [-0.39, 0.29) is 0 Å². The molecule has 0 radical (unpaired) electrons. The smallest absolute Gasteiger partial charge is 0.0280 e. The lowest BCUT2D eigenvalue weighted by molar-refractivity contribution is 0.893. The molecule has 0 saturated carbocycles. The SMILES string of the molecule is C=CC(C)=C(CC)CCC=CC. The zero-order valence-corrected chi connectivity index (χ0v) is 8.56. The average molecular weight is 164 g/mol. The predicted molar refractivity (Wildman–Crippen MR) is 57.2 cm³/mol. The molecule has 0 aromatic heterocycles. The summed E-state index contributed by atoms with van der Waals surface area (Å²) in [7, 11) is 0. The van der Waals surface area contributed by atoms with Crippen LogP contribution in [0.2, 0.25) is 0 Å². The first kappa shape index (κ1) is 11.2. The van der Waals surface area contributed by atoms with E-state index >= 15 is 0 Å². The van der Waals surface area contributed by atoms with Crippen molar-refractivity contribution in [3.05, 3.63) is 36.0 Å². The van der Waals surface area contributed by atoms with Gasteiger partial charge in [0.1, 0.15) is 0 Å².